The summed E-state index contributed by atoms with van der Waals surface area (Å²) in [5, 5.41) is 12.2. The molecule has 2 atom stereocenters. The molecule has 24 heavy (non-hydrogen) atoms. The number of methoxy groups -OCH3 is 1. The van der Waals surface area contributed by atoms with Crippen molar-refractivity contribution in [2.75, 3.05) is 13.7 Å². The Hall–Kier alpha value is -0.760. The number of carbonyl (C=O) groups is 1. The molecule has 0 aromatic carbocycles. The zero-order valence-corrected chi connectivity index (χ0v) is 16.2. The number of rotatable bonds is 4. The summed E-state index contributed by atoms with van der Waals surface area (Å²) < 4.78 is 39.6. The fourth-order valence-electron chi connectivity index (χ4n) is 2.63. The van der Waals surface area contributed by atoms with Gasteiger partial charge in [-0.05, 0) is 25.0 Å². The first-order valence-electron chi connectivity index (χ1n) is 6.84. The molecular formula is C11H17N5NaO6S-. The molecule has 1 aromatic heterocycles. The van der Waals surface area contributed by atoms with Gasteiger partial charge in [0.1, 0.15) is 5.69 Å². The first-order valence-corrected chi connectivity index (χ1v) is 8.20. The molecule has 2 saturated heterocycles. The second kappa shape index (κ2) is 9.08. The van der Waals surface area contributed by atoms with Crippen LogP contribution in [-0.2, 0) is 28.3 Å². The van der Waals surface area contributed by atoms with E-state index in [9.17, 15) is 4.79 Å². The average Bonchev–Trinajstić information content (AvgIpc) is 2.97. The van der Waals surface area contributed by atoms with Crippen molar-refractivity contribution < 1.29 is 56.6 Å². The molecule has 1 aromatic rings. The number of amides is 2. The third-order valence-corrected chi connectivity index (χ3v) is 3.50. The number of nitrogens with zero attached hydrogens (tertiary/aromatic N) is 5. The molecule has 2 amide bonds. The number of ether oxygens (including phenoxy) is 1. The Bertz CT molecular complexity index is 645. The van der Waals surface area contributed by atoms with E-state index in [0.29, 0.717) is 13.2 Å². The van der Waals surface area contributed by atoms with Crippen LogP contribution in [-0.4, -0.2) is 69.2 Å². The van der Waals surface area contributed by atoms with Crippen LogP contribution < -0.4 is 29.6 Å². The Morgan fingerprint density at radius 3 is 2.79 bits per heavy atom. The fourth-order valence-corrected chi connectivity index (χ4v) is 2.63. The summed E-state index contributed by atoms with van der Waals surface area (Å²) in [6.45, 7) is 1.92. The van der Waals surface area contributed by atoms with Crippen molar-refractivity contribution in [1.29, 1.82) is 0 Å². The quantitative estimate of drug-likeness (QED) is 0.330. The van der Waals surface area contributed by atoms with Crippen molar-refractivity contribution in [3.8, 4) is 0 Å². The molecule has 3 rings (SSSR count). The molecular weight excluding hydrogens is 353 g/mol. The molecule has 2 aliphatic rings. The van der Waals surface area contributed by atoms with Gasteiger partial charge < -0.3 is 19.5 Å². The standard InChI is InChI=1S/C11H17N5O2.Na.H2O4S/c1-18-7-9-4-15(14-13-9)6-10-3-2-8-5-16(10)11(17)12-8;;1-5(2,3)4/h4,8,10H,2-3,5-7H2,1H3,(H,12,17);;(H2,1,2,3,4)/q;+1;/p-2/t8-,10+;;/m1../s1. The summed E-state index contributed by atoms with van der Waals surface area (Å²) in [5.41, 5.74) is 0.809. The maximum absolute atomic E-state index is 11.7. The van der Waals surface area contributed by atoms with E-state index in [2.05, 4.69) is 15.6 Å². The third-order valence-electron chi connectivity index (χ3n) is 3.50. The van der Waals surface area contributed by atoms with Crippen LogP contribution in [0.1, 0.15) is 18.5 Å². The van der Waals surface area contributed by atoms with Gasteiger partial charge in [-0.15, -0.1) is 5.10 Å². The predicted molar refractivity (Wildman–Crippen MR) is 75.3 cm³/mol. The number of hydrogen-bond donors (Lipinski definition) is 1. The van der Waals surface area contributed by atoms with E-state index in [4.69, 9.17) is 22.3 Å². The molecule has 2 bridgehead atoms. The van der Waals surface area contributed by atoms with Crippen LogP contribution in [0.15, 0.2) is 6.20 Å². The molecule has 2 aliphatic heterocycles. The number of aromatic nitrogens is 3. The maximum atomic E-state index is 11.7. The number of hydrogen-bond acceptors (Lipinski definition) is 7. The molecule has 11 nitrogen and oxygen atoms in total. The second-order valence-corrected chi connectivity index (χ2v) is 6.10. The average molecular weight is 370 g/mol. The van der Waals surface area contributed by atoms with Crippen LogP contribution in [0.4, 0.5) is 4.79 Å². The van der Waals surface area contributed by atoms with Gasteiger partial charge in [0.2, 0.25) is 10.4 Å². The van der Waals surface area contributed by atoms with Gasteiger partial charge in [-0.2, -0.15) is 0 Å². The summed E-state index contributed by atoms with van der Waals surface area (Å²) in [6.07, 6.45) is 3.85. The predicted octanol–water partition coefficient (Wildman–Crippen LogP) is -3.23. The van der Waals surface area contributed by atoms with E-state index < -0.39 is 10.4 Å². The molecule has 0 saturated carbocycles. The van der Waals surface area contributed by atoms with Gasteiger partial charge in [0.25, 0.3) is 0 Å². The van der Waals surface area contributed by atoms with Crippen molar-refractivity contribution in [1.82, 2.24) is 19.9 Å². The van der Waals surface area contributed by atoms with Crippen molar-refractivity contribution in [3.63, 3.8) is 0 Å². The van der Waals surface area contributed by atoms with Gasteiger partial charge in [0, 0.05) is 13.7 Å². The Morgan fingerprint density at radius 2 is 2.17 bits per heavy atom. The van der Waals surface area contributed by atoms with Gasteiger partial charge in [-0.1, -0.05) is 11.6 Å². The Morgan fingerprint density at radius 1 is 1.50 bits per heavy atom. The van der Waals surface area contributed by atoms with E-state index in [1.165, 1.54) is 0 Å². The Balaban J connectivity index is 0.000000425. The van der Waals surface area contributed by atoms with Crippen molar-refractivity contribution >= 4 is 16.4 Å². The second-order valence-electron chi connectivity index (χ2n) is 5.24. The van der Waals surface area contributed by atoms with Crippen molar-refractivity contribution in [3.05, 3.63) is 17.2 Å². The van der Waals surface area contributed by atoms with E-state index >= 15 is 0 Å². The zero-order valence-electron chi connectivity index (χ0n) is 13.4. The molecule has 130 valence electrons. The summed E-state index contributed by atoms with van der Waals surface area (Å²) in [4.78, 5) is 13.5. The molecule has 13 heteroatoms. The maximum Gasteiger partial charge on any atom is 1.00 e. The molecule has 2 fully saturated rings. The molecule has 0 spiro atoms. The normalized spacial score (nSPS) is 22.3. The Kier molecular flexibility index (Phi) is 8.05. The minimum Gasteiger partial charge on any atom is -0.726 e. The molecule has 0 radical (unpaired) electrons. The molecule has 0 unspecified atom stereocenters. The number of urea groups is 1. The van der Waals surface area contributed by atoms with E-state index in [1.54, 1.807) is 11.8 Å². The van der Waals surface area contributed by atoms with Crippen LogP contribution >= 0.6 is 0 Å². The largest absolute Gasteiger partial charge is 1.00 e. The van der Waals surface area contributed by atoms with Crippen molar-refractivity contribution in [2.45, 2.75) is 38.1 Å². The third kappa shape index (κ3) is 6.63. The van der Waals surface area contributed by atoms with E-state index in [0.717, 1.165) is 25.1 Å². The van der Waals surface area contributed by atoms with Crippen LogP contribution in [0.25, 0.3) is 5.32 Å². The first-order chi connectivity index (χ1) is 10.8. The number of carbonyl (C=O) groups excluding carboxylic acids is 1. The van der Waals surface area contributed by atoms with Crippen LogP contribution in [0.3, 0.4) is 0 Å². The summed E-state index contributed by atoms with van der Waals surface area (Å²) in [6, 6.07) is 0.338. The first kappa shape index (κ1) is 21.3. The number of piperidine rings is 1. The van der Waals surface area contributed by atoms with Gasteiger partial charge in [-0.3, -0.25) is 14.0 Å². The van der Waals surface area contributed by atoms with Crippen LogP contribution in [0, 0.1) is 0 Å². The smallest absolute Gasteiger partial charge is 0.726 e. The van der Waals surface area contributed by atoms with Gasteiger partial charge in [0.15, 0.2) is 6.03 Å². The van der Waals surface area contributed by atoms with Crippen molar-refractivity contribution in [2.24, 2.45) is 0 Å². The topological polar surface area (TPSA) is 152 Å². The number of fused-ring (bicyclic) bond motifs is 2. The zero-order chi connectivity index (χ0) is 17.0. The van der Waals surface area contributed by atoms with E-state index in [1.807, 2.05) is 11.1 Å². The molecule has 0 aliphatic carbocycles. The minimum atomic E-state index is -4.92. The Labute approximate surface area is 161 Å². The van der Waals surface area contributed by atoms with Gasteiger partial charge >= 0.3 is 29.6 Å². The van der Waals surface area contributed by atoms with Crippen LogP contribution in [0.2, 0.25) is 0 Å². The summed E-state index contributed by atoms with van der Waals surface area (Å²) >= 11 is 0. The van der Waals surface area contributed by atoms with Gasteiger partial charge in [-0.25, -0.2) is 8.42 Å². The SMILES string of the molecule is COCc1cn(C[C@@H]2CC[C@@H]3CN2C(=O)[N-]3)nn1.O=S(=O)([O-])O.[Na+]. The molecule has 1 N–H and O–H groups in total. The summed E-state index contributed by atoms with van der Waals surface area (Å²) in [5.74, 6) is 0. The van der Waals surface area contributed by atoms with E-state index in [-0.39, 0.29) is 47.7 Å². The molecule has 3 heterocycles. The minimum absolute atomic E-state index is 0. The van der Waals surface area contributed by atoms with Gasteiger partial charge in [0.05, 0.1) is 12.8 Å². The fraction of sp³-hybridized carbons (Fsp3) is 0.727. The van der Waals surface area contributed by atoms with Crippen LogP contribution in [0.5, 0.6) is 0 Å². The summed E-state index contributed by atoms with van der Waals surface area (Å²) in [7, 11) is -3.29. The monoisotopic (exact) mass is 370 g/mol.